The van der Waals surface area contributed by atoms with Crippen molar-refractivity contribution >= 4 is 23.2 Å². The van der Waals surface area contributed by atoms with E-state index >= 15 is 0 Å². The van der Waals surface area contributed by atoms with Gasteiger partial charge in [-0.1, -0.05) is 23.7 Å². The molecule has 0 aromatic heterocycles. The number of amides is 1. The molecule has 6 heteroatoms. The lowest BCUT2D eigenvalue weighted by atomic mass is 10.1. The number of carbonyl (C=O) groups is 1. The zero-order valence-corrected chi connectivity index (χ0v) is 12.8. The van der Waals surface area contributed by atoms with Gasteiger partial charge in [0.25, 0.3) is 11.6 Å². The van der Waals surface area contributed by atoms with Crippen LogP contribution in [-0.4, -0.2) is 17.4 Å². The summed E-state index contributed by atoms with van der Waals surface area (Å²) in [4.78, 5) is 22.3. The fourth-order valence-electron chi connectivity index (χ4n) is 2.08. The van der Waals surface area contributed by atoms with Crippen LogP contribution in [-0.2, 0) is 6.42 Å². The highest BCUT2D eigenvalue weighted by atomic mass is 35.5. The molecular formula is C16H15ClN2O3. The maximum Gasteiger partial charge on any atom is 0.272 e. The molecule has 1 N–H and O–H groups in total. The zero-order chi connectivity index (χ0) is 16.1. The normalized spacial score (nSPS) is 10.3. The van der Waals surface area contributed by atoms with Crippen LogP contribution in [0.3, 0.4) is 0 Å². The van der Waals surface area contributed by atoms with Gasteiger partial charge in [0.05, 0.1) is 4.92 Å². The van der Waals surface area contributed by atoms with Gasteiger partial charge >= 0.3 is 0 Å². The Morgan fingerprint density at radius 3 is 2.50 bits per heavy atom. The molecule has 0 unspecified atom stereocenters. The number of halogens is 1. The number of nitrogens with zero attached hydrogens (tertiary/aromatic N) is 1. The van der Waals surface area contributed by atoms with Gasteiger partial charge < -0.3 is 5.32 Å². The molecule has 5 nitrogen and oxygen atoms in total. The summed E-state index contributed by atoms with van der Waals surface area (Å²) in [5.74, 6) is -0.244. The van der Waals surface area contributed by atoms with Crippen molar-refractivity contribution in [2.45, 2.75) is 13.3 Å². The Kier molecular flexibility index (Phi) is 5.12. The number of aryl methyl sites for hydroxylation is 1. The minimum absolute atomic E-state index is 0.0118. The highest BCUT2D eigenvalue weighted by Gasteiger charge is 2.13. The van der Waals surface area contributed by atoms with Crippen LogP contribution in [0.25, 0.3) is 0 Å². The van der Waals surface area contributed by atoms with Crippen LogP contribution in [0.4, 0.5) is 5.69 Å². The number of carbonyl (C=O) groups excluding carboxylic acids is 1. The summed E-state index contributed by atoms with van der Waals surface area (Å²) in [6, 6.07) is 11.8. The van der Waals surface area contributed by atoms with Crippen molar-refractivity contribution < 1.29 is 9.72 Å². The molecule has 2 aromatic rings. The maximum atomic E-state index is 12.0. The molecule has 22 heavy (non-hydrogen) atoms. The van der Waals surface area contributed by atoms with Crippen molar-refractivity contribution in [1.29, 1.82) is 0 Å². The Hall–Kier alpha value is -2.40. The zero-order valence-electron chi connectivity index (χ0n) is 12.0. The average molecular weight is 319 g/mol. The summed E-state index contributed by atoms with van der Waals surface area (Å²) in [6.45, 7) is 2.10. The number of nitrogens with one attached hydrogen (secondary N) is 1. The summed E-state index contributed by atoms with van der Waals surface area (Å²) in [7, 11) is 0. The lowest BCUT2D eigenvalue weighted by molar-refractivity contribution is -0.385. The molecule has 1 amide bonds. The molecule has 0 saturated carbocycles. The van der Waals surface area contributed by atoms with Gasteiger partial charge in [-0.15, -0.1) is 0 Å². The van der Waals surface area contributed by atoms with Crippen LogP contribution >= 0.6 is 11.6 Å². The van der Waals surface area contributed by atoms with E-state index in [-0.39, 0.29) is 11.6 Å². The van der Waals surface area contributed by atoms with Crippen LogP contribution in [0.15, 0.2) is 42.5 Å². The average Bonchev–Trinajstić information content (AvgIpc) is 2.48. The van der Waals surface area contributed by atoms with Crippen LogP contribution in [0, 0.1) is 17.0 Å². The molecule has 0 spiro atoms. The third kappa shape index (κ3) is 4.05. The number of nitro benzene ring substituents is 1. The SMILES string of the molecule is Cc1cc(C(=O)NCCc2ccc(Cl)cc2)ccc1[N+](=O)[O-]. The van der Waals surface area contributed by atoms with Crippen LogP contribution < -0.4 is 5.32 Å². The van der Waals surface area contributed by atoms with Gasteiger partial charge in [-0.25, -0.2) is 0 Å². The van der Waals surface area contributed by atoms with Crippen molar-refractivity contribution in [2.24, 2.45) is 0 Å². The Morgan fingerprint density at radius 2 is 1.91 bits per heavy atom. The van der Waals surface area contributed by atoms with Crippen LogP contribution in [0.5, 0.6) is 0 Å². The van der Waals surface area contributed by atoms with Crippen LogP contribution in [0.2, 0.25) is 5.02 Å². The molecule has 2 rings (SSSR count). The topological polar surface area (TPSA) is 72.2 Å². The second-order valence-corrected chi connectivity index (χ2v) is 5.33. The highest BCUT2D eigenvalue weighted by molar-refractivity contribution is 6.30. The molecule has 0 saturated heterocycles. The van der Waals surface area contributed by atoms with Gasteiger partial charge in [0.1, 0.15) is 0 Å². The first-order chi connectivity index (χ1) is 10.5. The van der Waals surface area contributed by atoms with E-state index < -0.39 is 4.92 Å². The number of hydrogen-bond donors (Lipinski definition) is 1. The van der Waals surface area contributed by atoms with E-state index in [1.54, 1.807) is 19.1 Å². The minimum atomic E-state index is -0.461. The Balaban J connectivity index is 1.93. The lowest BCUT2D eigenvalue weighted by Crippen LogP contribution is -2.25. The van der Waals surface area contributed by atoms with E-state index in [0.717, 1.165) is 5.56 Å². The Morgan fingerprint density at radius 1 is 1.23 bits per heavy atom. The molecular weight excluding hydrogens is 304 g/mol. The fourth-order valence-corrected chi connectivity index (χ4v) is 2.20. The first-order valence-corrected chi connectivity index (χ1v) is 7.13. The highest BCUT2D eigenvalue weighted by Crippen LogP contribution is 2.18. The summed E-state index contributed by atoms with van der Waals surface area (Å²) in [5.41, 5.74) is 1.97. The van der Waals surface area contributed by atoms with Gasteiger partial charge in [-0.05, 0) is 43.2 Å². The van der Waals surface area contributed by atoms with E-state index in [9.17, 15) is 14.9 Å². The summed E-state index contributed by atoms with van der Waals surface area (Å²) in [6.07, 6.45) is 0.689. The molecule has 0 radical (unpaired) electrons. The van der Waals surface area contributed by atoms with Gasteiger partial charge in [-0.2, -0.15) is 0 Å². The molecule has 0 bridgehead atoms. The van der Waals surface area contributed by atoms with E-state index in [0.29, 0.717) is 29.1 Å². The summed E-state index contributed by atoms with van der Waals surface area (Å²) < 4.78 is 0. The quantitative estimate of drug-likeness (QED) is 0.677. The van der Waals surface area contributed by atoms with Crippen molar-refractivity contribution in [3.05, 3.63) is 74.3 Å². The first-order valence-electron chi connectivity index (χ1n) is 6.75. The number of benzene rings is 2. The van der Waals surface area contributed by atoms with E-state index in [4.69, 9.17) is 11.6 Å². The fraction of sp³-hybridized carbons (Fsp3) is 0.188. The summed E-state index contributed by atoms with van der Waals surface area (Å²) in [5, 5.41) is 14.2. The smallest absolute Gasteiger partial charge is 0.272 e. The number of rotatable bonds is 5. The molecule has 0 aliphatic carbocycles. The van der Waals surface area contributed by atoms with E-state index in [1.807, 2.05) is 12.1 Å². The molecule has 114 valence electrons. The Labute approximate surface area is 133 Å². The van der Waals surface area contributed by atoms with Gasteiger partial charge in [0.15, 0.2) is 0 Å². The molecule has 0 fully saturated rings. The Bertz CT molecular complexity index is 699. The standard InChI is InChI=1S/C16H15ClN2O3/c1-11-10-13(4-7-15(11)19(21)22)16(20)18-9-8-12-2-5-14(17)6-3-12/h2-7,10H,8-9H2,1H3,(H,18,20). The van der Waals surface area contributed by atoms with E-state index in [2.05, 4.69) is 5.32 Å². The molecule has 2 aromatic carbocycles. The molecule has 0 aliphatic heterocycles. The first kappa shape index (κ1) is 16.0. The summed E-state index contributed by atoms with van der Waals surface area (Å²) >= 11 is 5.81. The van der Waals surface area contributed by atoms with Crippen molar-refractivity contribution in [1.82, 2.24) is 5.32 Å². The van der Waals surface area contributed by atoms with Gasteiger partial charge in [0, 0.05) is 28.8 Å². The number of nitro groups is 1. The maximum absolute atomic E-state index is 12.0. The predicted molar refractivity (Wildman–Crippen MR) is 85.3 cm³/mol. The largest absolute Gasteiger partial charge is 0.352 e. The second kappa shape index (κ2) is 7.04. The monoisotopic (exact) mass is 318 g/mol. The van der Waals surface area contributed by atoms with Crippen molar-refractivity contribution in [3.8, 4) is 0 Å². The van der Waals surface area contributed by atoms with Gasteiger partial charge in [-0.3, -0.25) is 14.9 Å². The van der Waals surface area contributed by atoms with Crippen molar-refractivity contribution in [2.75, 3.05) is 6.54 Å². The molecule has 0 atom stereocenters. The molecule has 0 heterocycles. The van der Waals surface area contributed by atoms with E-state index in [1.165, 1.54) is 18.2 Å². The lowest BCUT2D eigenvalue weighted by Gasteiger charge is -2.06. The van der Waals surface area contributed by atoms with Crippen LogP contribution in [0.1, 0.15) is 21.5 Å². The third-order valence-electron chi connectivity index (χ3n) is 3.27. The predicted octanol–water partition coefficient (Wildman–Crippen LogP) is 3.53. The third-order valence-corrected chi connectivity index (χ3v) is 3.52. The number of hydrogen-bond acceptors (Lipinski definition) is 3. The minimum Gasteiger partial charge on any atom is -0.352 e. The van der Waals surface area contributed by atoms with Crippen molar-refractivity contribution in [3.63, 3.8) is 0 Å². The molecule has 0 aliphatic rings. The second-order valence-electron chi connectivity index (χ2n) is 4.89. The van der Waals surface area contributed by atoms with Gasteiger partial charge in [0.2, 0.25) is 0 Å².